The van der Waals surface area contributed by atoms with Gasteiger partial charge in [-0.2, -0.15) is 0 Å². The van der Waals surface area contributed by atoms with E-state index in [1.807, 2.05) is 18.2 Å². The van der Waals surface area contributed by atoms with Crippen LogP contribution in [0.4, 0.5) is 0 Å². The fourth-order valence-electron chi connectivity index (χ4n) is 1.93. The minimum absolute atomic E-state index is 0.446. The van der Waals surface area contributed by atoms with Crippen molar-refractivity contribution in [3.05, 3.63) is 33.8 Å². The number of carbonyl (C=O) groups excluding carboxylic acids is 1. The van der Waals surface area contributed by atoms with Gasteiger partial charge in [0.2, 0.25) is 5.91 Å². The van der Waals surface area contributed by atoms with Crippen LogP contribution in [0.3, 0.4) is 0 Å². The summed E-state index contributed by atoms with van der Waals surface area (Å²) in [4.78, 5) is 11.3. The van der Waals surface area contributed by atoms with Gasteiger partial charge in [-0.15, -0.1) is 0 Å². The third-order valence-electron chi connectivity index (χ3n) is 2.78. The molecule has 2 rings (SSSR count). The number of hydrogen-bond acceptors (Lipinski definition) is 2. The van der Waals surface area contributed by atoms with Crippen LogP contribution in [0.2, 0.25) is 0 Å². The molecule has 0 aliphatic heterocycles. The number of fused-ring (bicyclic) bond motifs is 1. The van der Waals surface area contributed by atoms with Crippen molar-refractivity contribution in [1.82, 2.24) is 0 Å². The fraction of sp³-hybridized carbons (Fsp3) is 0.300. The number of hydrogen-bond donors (Lipinski definition) is 2. The molecule has 0 radical (unpaired) electrons. The van der Waals surface area contributed by atoms with Gasteiger partial charge in [-0.3, -0.25) is 4.79 Å². The maximum absolute atomic E-state index is 11.3. The predicted octanol–water partition coefficient (Wildman–Crippen LogP) is 1.03. The molecule has 1 aliphatic carbocycles. The number of amides is 1. The molecule has 0 bridgehead atoms. The molecule has 0 fully saturated rings. The van der Waals surface area contributed by atoms with Crippen LogP contribution in [-0.4, -0.2) is 5.91 Å². The van der Waals surface area contributed by atoms with Crippen molar-refractivity contribution < 1.29 is 4.79 Å². The molecule has 4 N–H and O–H groups in total. The Morgan fingerprint density at radius 2 is 2.21 bits per heavy atom. The van der Waals surface area contributed by atoms with E-state index in [0.29, 0.717) is 6.42 Å². The molecule has 0 saturated carbocycles. The molecule has 1 aliphatic rings. The largest absolute Gasteiger partial charge is 0.368 e. The highest BCUT2D eigenvalue weighted by molar-refractivity contribution is 9.10. The van der Waals surface area contributed by atoms with Crippen molar-refractivity contribution in [1.29, 1.82) is 0 Å². The Kier molecular flexibility index (Phi) is 2.12. The summed E-state index contributed by atoms with van der Waals surface area (Å²) in [7, 11) is 0. The molecular weight excluding hydrogens is 244 g/mol. The first-order valence-corrected chi connectivity index (χ1v) is 5.21. The SMILES string of the molecule is NC(=O)C1(N)CCc2cc(Br)ccc21. The van der Waals surface area contributed by atoms with Gasteiger partial charge in [0.05, 0.1) is 0 Å². The predicted molar refractivity (Wildman–Crippen MR) is 57.5 cm³/mol. The molecule has 1 atom stereocenters. The van der Waals surface area contributed by atoms with Gasteiger partial charge in [0.15, 0.2) is 0 Å². The molecule has 1 unspecified atom stereocenters. The molecule has 4 heteroatoms. The molecule has 1 aromatic carbocycles. The Balaban J connectivity index is 2.55. The molecule has 0 heterocycles. The van der Waals surface area contributed by atoms with E-state index in [9.17, 15) is 4.79 Å². The first kappa shape index (κ1) is 9.68. The van der Waals surface area contributed by atoms with Crippen LogP contribution in [0.25, 0.3) is 0 Å². The Hall–Kier alpha value is -0.870. The van der Waals surface area contributed by atoms with Crippen molar-refractivity contribution in [2.24, 2.45) is 11.5 Å². The molecule has 0 spiro atoms. The lowest BCUT2D eigenvalue weighted by atomic mass is 9.92. The average molecular weight is 255 g/mol. The molecule has 1 amide bonds. The van der Waals surface area contributed by atoms with Gasteiger partial charge in [-0.1, -0.05) is 22.0 Å². The Labute approximate surface area is 90.6 Å². The lowest BCUT2D eigenvalue weighted by Crippen LogP contribution is -2.47. The second kappa shape index (κ2) is 3.07. The van der Waals surface area contributed by atoms with Gasteiger partial charge in [0.25, 0.3) is 0 Å². The Bertz CT molecular complexity index is 405. The van der Waals surface area contributed by atoms with Crippen molar-refractivity contribution in [3.63, 3.8) is 0 Å². The number of primary amides is 1. The topological polar surface area (TPSA) is 69.1 Å². The van der Waals surface area contributed by atoms with E-state index in [0.717, 1.165) is 22.0 Å². The summed E-state index contributed by atoms with van der Waals surface area (Å²) in [6, 6.07) is 5.75. The summed E-state index contributed by atoms with van der Waals surface area (Å²) in [6.07, 6.45) is 1.42. The normalized spacial score (nSPS) is 24.7. The third kappa shape index (κ3) is 1.26. The summed E-state index contributed by atoms with van der Waals surface area (Å²) in [5.41, 5.74) is 12.3. The van der Waals surface area contributed by atoms with Crippen LogP contribution in [0.1, 0.15) is 17.5 Å². The monoisotopic (exact) mass is 254 g/mol. The van der Waals surface area contributed by atoms with E-state index < -0.39 is 11.4 Å². The second-order valence-electron chi connectivity index (χ2n) is 3.64. The number of halogens is 1. The first-order valence-electron chi connectivity index (χ1n) is 4.42. The summed E-state index contributed by atoms with van der Waals surface area (Å²) in [5, 5.41) is 0. The van der Waals surface area contributed by atoms with E-state index in [2.05, 4.69) is 15.9 Å². The van der Waals surface area contributed by atoms with Gasteiger partial charge in [-0.25, -0.2) is 0 Å². The van der Waals surface area contributed by atoms with Crippen LogP contribution >= 0.6 is 15.9 Å². The number of carbonyl (C=O) groups is 1. The van der Waals surface area contributed by atoms with Crippen molar-refractivity contribution in [3.8, 4) is 0 Å². The van der Waals surface area contributed by atoms with Crippen molar-refractivity contribution >= 4 is 21.8 Å². The minimum atomic E-state index is -0.962. The highest BCUT2D eigenvalue weighted by Gasteiger charge is 2.40. The summed E-state index contributed by atoms with van der Waals surface area (Å²) < 4.78 is 1.00. The lowest BCUT2D eigenvalue weighted by Gasteiger charge is -2.20. The van der Waals surface area contributed by atoms with Gasteiger partial charge in [0, 0.05) is 4.47 Å². The zero-order chi connectivity index (χ0) is 10.3. The van der Waals surface area contributed by atoms with E-state index in [-0.39, 0.29) is 0 Å². The fourth-order valence-corrected chi connectivity index (χ4v) is 2.34. The Morgan fingerprint density at radius 1 is 1.50 bits per heavy atom. The quantitative estimate of drug-likeness (QED) is 0.787. The van der Waals surface area contributed by atoms with Crippen LogP contribution in [0.15, 0.2) is 22.7 Å². The standard InChI is InChI=1S/C10H11BrN2O/c11-7-1-2-8-6(5-7)3-4-10(8,13)9(12)14/h1-2,5H,3-4,13H2,(H2,12,14). The van der Waals surface area contributed by atoms with Gasteiger partial charge in [-0.05, 0) is 36.1 Å². The van der Waals surface area contributed by atoms with Crippen LogP contribution in [0.5, 0.6) is 0 Å². The first-order chi connectivity index (χ1) is 6.54. The maximum Gasteiger partial charge on any atom is 0.242 e. The lowest BCUT2D eigenvalue weighted by molar-refractivity contribution is -0.123. The molecule has 3 nitrogen and oxygen atoms in total. The van der Waals surface area contributed by atoms with Crippen molar-refractivity contribution in [2.45, 2.75) is 18.4 Å². The zero-order valence-corrected chi connectivity index (χ0v) is 9.17. The van der Waals surface area contributed by atoms with Gasteiger partial charge < -0.3 is 11.5 Å². The van der Waals surface area contributed by atoms with E-state index in [1.54, 1.807) is 0 Å². The summed E-state index contributed by atoms with van der Waals surface area (Å²) in [6.45, 7) is 0. The summed E-state index contributed by atoms with van der Waals surface area (Å²) in [5.74, 6) is -0.446. The minimum Gasteiger partial charge on any atom is -0.368 e. The zero-order valence-electron chi connectivity index (χ0n) is 7.59. The van der Waals surface area contributed by atoms with E-state index in [4.69, 9.17) is 11.5 Å². The van der Waals surface area contributed by atoms with E-state index >= 15 is 0 Å². The summed E-state index contributed by atoms with van der Waals surface area (Å²) >= 11 is 3.38. The van der Waals surface area contributed by atoms with Gasteiger partial charge >= 0.3 is 0 Å². The molecule has 0 aromatic heterocycles. The molecule has 14 heavy (non-hydrogen) atoms. The number of aryl methyl sites for hydroxylation is 1. The average Bonchev–Trinajstić information content (AvgIpc) is 2.45. The highest BCUT2D eigenvalue weighted by atomic mass is 79.9. The third-order valence-corrected chi connectivity index (χ3v) is 3.27. The van der Waals surface area contributed by atoms with Crippen LogP contribution in [-0.2, 0) is 16.8 Å². The molecule has 74 valence electrons. The highest BCUT2D eigenvalue weighted by Crippen LogP contribution is 2.35. The number of nitrogens with two attached hydrogens (primary N) is 2. The van der Waals surface area contributed by atoms with Gasteiger partial charge in [0.1, 0.15) is 5.54 Å². The maximum atomic E-state index is 11.3. The molecule has 0 saturated heterocycles. The van der Waals surface area contributed by atoms with Crippen LogP contribution in [0, 0.1) is 0 Å². The second-order valence-corrected chi connectivity index (χ2v) is 4.55. The van der Waals surface area contributed by atoms with Crippen molar-refractivity contribution in [2.75, 3.05) is 0 Å². The smallest absolute Gasteiger partial charge is 0.242 e. The van der Waals surface area contributed by atoms with E-state index in [1.165, 1.54) is 0 Å². The number of rotatable bonds is 1. The molecule has 1 aromatic rings. The van der Waals surface area contributed by atoms with Crippen LogP contribution < -0.4 is 11.5 Å². The Morgan fingerprint density at radius 3 is 2.86 bits per heavy atom. The number of benzene rings is 1. The molecular formula is C10H11BrN2O.